The standard InChI is InChI=1S/C18H24N2O/c1-17(2,19-15-11-7-5-8-12-15)21-18(3,4)20-16-13-9-6-10-14-16/h5-14,19-20H,1-4H3. The van der Waals surface area contributed by atoms with Crippen LogP contribution in [0, 0.1) is 0 Å². The maximum atomic E-state index is 6.21. The van der Waals surface area contributed by atoms with Crippen molar-refractivity contribution in [3.8, 4) is 0 Å². The van der Waals surface area contributed by atoms with E-state index in [1.54, 1.807) is 0 Å². The van der Waals surface area contributed by atoms with Crippen LogP contribution in [-0.4, -0.2) is 11.4 Å². The average Bonchev–Trinajstić information content (AvgIpc) is 2.38. The minimum Gasteiger partial charge on any atom is -0.358 e. The number of benzene rings is 2. The normalized spacial score (nSPS) is 12.0. The lowest BCUT2D eigenvalue weighted by atomic mass is 10.2. The second-order valence-corrected chi connectivity index (χ2v) is 6.10. The van der Waals surface area contributed by atoms with Gasteiger partial charge >= 0.3 is 0 Å². The van der Waals surface area contributed by atoms with E-state index in [0.717, 1.165) is 11.4 Å². The molecule has 2 N–H and O–H groups in total. The Morgan fingerprint density at radius 2 is 0.952 bits per heavy atom. The van der Waals surface area contributed by atoms with Crippen LogP contribution in [0.1, 0.15) is 27.7 Å². The summed E-state index contributed by atoms with van der Waals surface area (Å²) >= 11 is 0. The molecule has 2 aromatic carbocycles. The molecule has 0 spiro atoms. The molecule has 0 atom stereocenters. The Balaban J connectivity index is 2.01. The molecule has 2 aromatic rings. The molecule has 3 nitrogen and oxygen atoms in total. The molecule has 2 rings (SSSR count). The van der Waals surface area contributed by atoms with Crippen LogP contribution in [0.4, 0.5) is 11.4 Å². The van der Waals surface area contributed by atoms with Gasteiger partial charge in [0.2, 0.25) is 0 Å². The van der Waals surface area contributed by atoms with Gasteiger partial charge in [0.15, 0.2) is 0 Å². The summed E-state index contributed by atoms with van der Waals surface area (Å²) in [4.78, 5) is 0. The maximum absolute atomic E-state index is 6.21. The summed E-state index contributed by atoms with van der Waals surface area (Å²) < 4.78 is 6.21. The highest BCUT2D eigenvalue weighted by Gasteiger charge is 2.29. The van der Waals surface area contributed by atoms with Crippen molar-refractivity contribution >= 4 is 11.4 Å². The van der Waals surface area contributed by atoms with Crippen molar-refractivity contribution in [1.29, 1.82) is 0 Å². The number of para-hydroxylation sites is 2. The highest BCUT2D eigenvalue weighted by molar-refractivity contribution is 5.45. The van der Waals surface area contributed by atoms with E-state index in [4.69, 9.17) is 4.74 Å². The molecule has 0 heterocycles. The topological polar surface area (TPSA) is 33.3 Å². The lowest BCUT2D eigenvalue weighted by Gasteiger charge is -2.38. The Kier molecular flexibility index (Phi) is 4.53. The van der Waals surface area contributed by atoms with Crippen molar-refractivity contribution in [3.63, 3.8) is 0 Å². The molecule has 0 fully saturated rings. The molecule has 0 aromatic heterocycles. The lowest BCUT2D eigenvalue weighted by molar-refractivity contribution is -0.0907. The van der Waals surface area contributed by atoms with Crippen LogP contribution >= 0.6 is 0 Å². The summed E-state index contributed by atoms with van der Waals surface area (Å²) in [5, 5.41) is 6.80. The van der Waals surface area contributed by atoms with Crippen LogP contribution in [0.15, 0.2) is 60.7 Å². The van der Waals surface area contributed by atoms with Gasteiger partial charge in [-0.3, -0.25) is 0 Å². The minimum atomic E-state index is -0.493. The van der Waals surface area contributed by atoms with Gasteiger partial charge in [-0.1, -0.05) is 36.4 Å². The number of nitrogens with one attached hydrogen (secondary N) is 2. The molecule has 0 bridgehead atoms. The second kappa shape index (κ2) is 6.19. The number of hydrogen-bond acceptors (Lipinski definition) is 3. The van der Waals surface area contributed by atoms with Crippen molar-refractivity contribution in [2.24, 2.45) is 0 Å². The van der Waals surface area contributed by atoms with Crippen LogP contribution in [-0.2, 0) is 4.74 Å². The summed E-state index contributed by atoms with van der Waals surface area (Å²) in [5.74, 6) is 0. The molecule has 0 unspecified atom stereocenters. The van der Waals surface area contributed by atoms with Crippen molar-refractivity contribution in [2.75, 3.05) is 10.6 Å². The molecule has 21 heavy (non-hydrogen) atoms. The Hall–Kier alpha value is -2.00. The highest BCUT2D eigenvalue weighted by atomic mass is 16.5. The van der Waals surface area contributed by atoms with Crippen LogP contribution in [0.25, 0.3) is 0 Å². The molecular weight excluding hydrogens is 260 g/mol. The molecule has 112 valence electrons. The first-order chi connectivity index (χ1) is 9.86. The van der Waals surface area contributed by atoms with E-state index in [1.165, 1.54) is 0 Å². The SMILES string of the molecule is CC(C)(Nc1ccccc1)OC(C)(C)Nc1ccccc1. The summed E-state index contributed by atoms with van der Waals surface area (Å²) in [6.07, 6.45) is 0. The van der Waals surface area contributed by atoms with E-state index in [9.17, 15) is 0 Å². The fourth-order valence-corrected chi connectivity index (χ4v) is 2.43. The van der Waals surface area contributed by atoms with E-state index in [2.05, 4.69) is 10.6 Å². The summed E-state index contributed by atoms with van der Waals surface area (Å²) in [6, 6.07) is 20.1. The number of rotatable bonds is 6. The summed E-state index contributed by atoms with van der Waals surface area (Å²) in [7, 11) is 0. The summed E-state index contributed by atoms with van der Waals surface area (Å²) in [5.41, 5.74) is 1.09. The van der Waals surface area contributed by atoms with Crippen molar-refractivity contribution in [1.82, 2.24) is 0 Å². The van der Waals surface area contributed by atoms with Gasteiger partial charge in [-0.05, 0) is 52.0 Å². The van der Waals surface area contributed by atoms with Crippen LogP contribution in [0.3, 0.4) is 0 Å². The quantitative estimate of drug-likeness (QED) is 0.754. The van der Waals surface area contributed by atoms with Crippen LogP contribution < -0.4 is 10.6 Å². The third-order valence-electron chi connectivity index (χ3n) is 2.95. The van der Waals surface area contributed by atoms with Gasteiger partial charge in [0.1, 0.15) is 11.4 Å². The Labute approximate surface area is 127 Å². The first-order valence-corrected chi connectivity index (χ1v) is 7.23. The zero-order valence-electron chi connectivity index (χ0n) is 13.2. The van der Waals surface area contributed by atoms with Crippen molar-refractivity contribution in [3.05, 3.63) is 60.7 Å². The third-order valence-corrected chi connectivity index (χ3v) is 2.95. The van der Waals surface area contributed by atoms with Gasteiger partial charge < -0.3 is 15.4 Å². The Bertz CT molecular complexity index is 498. The second-order valence-electron chi connectivity index (χ2n) is 6.10. The summed E-state index contributed by atoms with van der Waals surface area (Å²) in [6.45, 7) is 8.09. The van der Waals surface area contributed by atoms with E-state index in [1.807, 2.05) is 88.4 Å². The minimum absolute atomic E-state index is 0.493. The fraction of sp³-hybridized carbons (Fsp3) is 0.333. The largest absolute Gasteiger partial charge is 0.358 e. The molecule has 0 saturated heterocycles. The first kappa shape index (κ1) is 15.4. The number of anilines is 2. The predicted molar refractivity (Wildman–Crippen MR) is 89.4 cm³/mol. The fourth-order valence-electron chi connectivity index (χ4n) is 2.43. The monoisotopic (exact) mass is 284 g/mol. The first-order valence-electron chi connectivity index (χ1n) is 7.23. The van der Waals surface area contributed by atoms with Gasteiger partial charge in [-0.2, -0.15) is 0 Å². The highest BCUT2D eigenvalue weighted by Crippen LogP contribution is 2.24. The smallest absolute Gasteiger partial charge is 0.135 e. The third kappa shape index (κ3) is 5.12. The Morgan fingerprint density at radius 3 is 1.29 bits per heavy atom. The molecule has 0 saturated carbocycles. The molecule has 0 aliphatic heterocycles. The van der Waals surface area contributed by atoms with Crippen LogP contribution in [0.2, 0.25) is 0 Å². The van der Waals surface area contributed by atoms with Gasteiger partial charge in [0.25, 0.3) is 0 Å². The van der Waals surface area contributed by atoms with Crippen molar-refractivity contribution < 1.29 is 4.74 Å². The molecule has 0 aliphatic carbocycles. The van der Waals surface area contributed by atoms with E-state index in [-0.39, 0.29) is 0 Å². The molecule has 0 aliphatic rings. The zero-order valence-corrected chi connectivity index (χ0v) is 13.2. The van der Waals surface area contributed by atoms with E-state index < -0.39 is 11.4 Å². The van der Waals surface area contributed by atoms with Gasteiger partial charge in [0, 0.05) is 11.4 Å². The van der Waals surface area contributed by atoms with Gasteiger partial charge in [-0.15, -0.1) is 0 Å². The number of hydrogen-bond donors (Lipinski definition) is 2. The Morgan fingerprint density at radius 1 is 0.619 bits per heavy atom. The molecular formula is C18H24N2O. The molecule has 0 amide bonds. The van der Waals surface area contributed by atoms with Gasteiger partial charge in [-0.25, -0.2) is 0 Å². The van der Waals surface area contributed by atoms with Crippen molar-refractivity contribution in [2.45, 2.75) is 39.1 Å². The van der Waals surface area contributed by atoms with E-state index in [0.29, 0.717) is 0 Å². The molecule has 3 heteroatoms. The average molecular weight is 284 g/mol. The maximum Gasteiger partial charge on any atom is 0.135 e. The van der Waals surface area contributed by atoms with E-state index >= 15 is 0 Å². The van der Waals surface area contributed by atoms with Crippen LogP contribution in [0.5, 0.6) is 0 Å². The number of ether oxygens (including phenoxy) is 1. The molecule has 0 radical (unpaired) electrons. The lowest BCUT2D eigenvalue weighted by Crippen LogP contribution is -2.46. The van der Waals surface area contributed by atoms with Gasteiger partial charge in [0.05, 0.1) is 0 Å². The predicted octanol–water partition coefficient (Wildman–Crippen LogP) is 4.70. The zero-order chi connectivity index (χ0) is 15.3.